The van der Waals surface area contributed by atoms with Crippen LogP contribution in [0.15, 0.2) is 47.4 Å². The van der Waals surface area contributed by atoms with Gasteiger partial charge in [0.1, 0.15) is 12.4 Å². The van der Waals surface area contributed by atoms with Crippen molar-refractivity contribution in [1.29, 1.82) is 0 Å². The molecule has 0 radical (unpaired) electrons. The topological polar surface area (TPSA) is 84.9 Å². The lowest BCUT2D eigenvalue weighted by Crippen LogP contribution is -2.36. The van der Waals surface area contributed by atoms with Crippen LogP contribution in [-0.4, -0.2) is 41.7 Å². The Morgan fingerprint density at radius 3 is 2.55 bits per heavy atom. The number of ether oxygens (including phenoxy) is 2. The molecule has 1 heterocycles. The molecule has 7 nitrogen and oxygen atoms in total. The molecule has 3 amide bonds. The van der Waals surface area contributed by atoms with Gasteiger partial charge < -0.3 is 14.8 Å². The molecule has 9 heteroatoms. The minimum Gasteiger partial charge on any atom is -0.490 e. The van der Waals surface area contributed by atoms with Gasteiger partial charge in [-0.25, -0.2) is 4.39 Å². The largest absolute Gasteiger partial charge is 0.490 e. The molecule has 1 aliphatic rings. The van der Waals surface area contributed by atoms with Gasteiger partial charge in [-0.15, -0.1) is 0 Å². The predicted molar refractivity (Wildman–Crippen MR) is 116 cm³/mol. The highest BCUT2D eigenvalue weighted by atomic mass is 32.2. The number of thioether (sulfide) groups is 1. The van der Waals surface area contributed by atoms with E-state index < -0.39 is 29.4 Å². The fraction of sp³-hybridized carbons (Fsp3) is 0.227. The predicted octanol–water partition coefficient (Wildman–Crippen LogP) is 4.30. The highest BCUT2D eigenvalue weighted by Gasteiger charge is 2.36. The molecular formula is C22H21FN2O5S. The minimum atomic E-state index is -0.603. The third kappa shape index (κ3) is 5.64. The van der Waals surface area contributed by atoms with Crippen LogP contribution in [0.4, 0.5) is 14.9 Å². The number of carbonyl (C=O) groups is 3. The zero-order valence-corrected chi connectivity index (χ0v) is 17.8. The number of carbonyl (C=O) groups excluding carboxylic acids is 3. The van der Waals surface area contributed by atoms with E-state index in [2.05, 4.69) is 5.32 Å². The molecule has 0 aromatic heterocycles. The van der Waals surface area contributed by atoms with Crippen LogP contribution in [-0.2, 0) is 9.59 Å². The van der Waals surface area contributed by atoms with Gasteiger partial charge in [0, 0.05) is 5.69 Å². The normalized spacial score (nSPS) is 14.8. The maximum absolute atomic E-state index is 13.3. The zero-order valence-electron chi connectivity index (χ0n) is 17.0. The number of amides is 3. The monoisotopic (exact) mass is 444 g/mol. The van der Waals surface area contributed by atoms with Gasteiger partial charge in [-0.05, 0) is 67.6 Å². The summed E-state index contributed by atoms with van der Waals surface area (Å²) in [5, 5.41) is 1.92. The Kier molecular flexibility index (Phi) is 7.30. The van der Waals surface area contributed by atoms with E-state index in [-0.39, 0.29) is 10.6 Å². The van der Waals surface area contributed by atoms with Crippen molar-refractivity contribution in [3.05, 3.63) is 58.8 Å². The van der Waals surface area contributed by atoms with Crippen LogP contribution in [0.1, 0.15) is 19.4 Å². The Bertz CT molecular complexity index is 1040. The van der Waals surface area contributed by atoms with E-state index >= 15 is 0 Å². The van der Waals surface area contributed by atoms with Gasteiger partial charge in [0.25, 0.3) is 11.1 Å². The number of nitrogens with zero attached hydrogens (tertiary/aromatic N) is 1. The van der Waals surface area contributed by atoms with Crippen molar-refractivity contribution in [3.8, 4) is 11.5 Å². The van der Waals surface area contributed by atoms with Crippen molar-refractivity contribution in [3.63, 3.8) is 0 Å². The average Bonchev–Trinajstić information content (AvgIpc) is 2.97. The Hall–Kier alpha value is -3.33. The van der Waals surface area contributed by atoms with Crippen molar-refractivity contribution >= 4 is 40.6 Å². The first-order valence-electron chi connectivity index (χ1n) is 9.61. The number of rotatable bonds is 8. The van der Waals surface area contributed by atoms with Gasteiger partial charge in [-0.1, -0.05) is 12.1 Å². The number of hydrogen-bond donors (Lipinski definition) is 1. The molecular weight excluding hydrogens is 423 g/mol. The van der Waals surface area contributed by atoms with E-state index in [1.54, 1.807) is 24.3 Å². The molecule has 2 aromatic rings. The van der Waals surface area contributed by atoms with Crippen LogP contribution in [0.3, 0.4) is 0 Å². The van der Waals surface area contributed by atoms with Crippen LogP contribution >= 0.6 is 11.8 Å². The van der Waals surface area contributed by atoms with Gasteiger partial charge in [0.15, 0.2) is 11.5 Å². The van der Waals surface area contributed by atoms with E-state index in [1.165, 1.54) is 18.2 Å². The maximum Gasteiger partial charge on any atom is 0.294 e. The van der Waals surface area contributed by atoms with E-state index in [9.17, 15) is 18.8 Å². The molecule has 0 aliphatic carbocycles. The first-order chi connectivity index (χ1) is 14.9. The molecule has 1 aliphatic heterocycles. The van der Waals surface area contributed by atoms with Crippen molar-refractivity contribution < 1.29 is 28.2 Å². The summed E-state index contributed by atoms with van der Waals surface area (Å²) in [4.78, 5) is 38.2. The summed E-state index contributed by atoms with van der Waals surface area (Å²) in [6.07, 6.45) is 1.56. The number of anilines is 1. The van der Waals surface area contributed by atoms with Crippen LogP contribution in [0.25, 0.3) is 6.08 Å². The fourth-order valence-electron chi connectivity index (χ4n) is 2.86. The van der Waals surface area contributed by atoms with Gasteiger partial charge in [-0.3, -0.25) is 19.3 Å². The Balaban J connectivity index is 1.72. The van der Waals surface area contributed by atoms with Crippen LogP contribution in [0, 0.1) is 5.82 Å². The molecule has 1 fully saturated rings. The van der Waals surface area contributed by atoms with E-state index in [0.717, 1.165) is 22.7 Å². The number of hydrogen-bond acceptors (Lipinski definition) is 6. The van der Waals surface area contributed by atoms with E-state index in [4.69, 9.17) is 9.47 Å². The van der Waals surface area contributed by atoms with Crippen LogP contribution in [0.5, 0.6) is 11.5 Å². The van der Waals surface area contributed by atoms with Crippen LogP contribution in [0.2, 0.25) is 0 Å². The summed E-state index contributed by atoms with van der Waals surface area (Å²) < 4.78 is 24.4. The van der Waals surface area contributed by atoms with Crippen molar-refractivity contribution in [2.75, 3.05) is 25.1 Å². The SMILES string of the molecule is CCOc1ccc(/C=C2/SC(=O)N(CC(=O)Nc3cccc(F)c3)C2=O)cc1OCC. The Morgan fingerprint density at radius 1 is 1.10 bits per heavy atom. The van der Waals surface area contributed by atoms with Crippen molar-refractivity contribution in [2.45, 2.75) is 13.8 Å². The lowest BCUT2D eigenvalue weighted by Gasteiger charge is -2.12. The van der Waals surface area contributed by atoms with Gasteiger partial charge in [0.05, 0.1) is 18.1 Å². The number of imide groups is 1. The molecule has 0 unspecified atom stereocenters. The number of benzene rings is 2. The summed E-state index contributed by atoms with van der Waals surface area (Å²) in [7, 11) is 0. The molecule has 1 N–H and O–H groups in total. The highest BCUT2D eigenvalue weighted by Crippen LogP contribution is 2.34. The van der Waals surface area contributed by atoms with E-state index in [1.807, 2.05) is 13.8 Å². The van der Waals surface area contributed by atoms with Gasteiger partial charge >= 0.3 is 0 Å². The quantitative estimate of drug-likeness (QED) is 0.611. The van der Waals surface area contributed by atoms with Crippen molar-refractivity contribution in [1.82, 2.24) is 4.90 Å². The molecule has 31 heavy (non-hydrogen) atoms. The molecule has 0 saturated carbocycles. The summed E-state index contributed by atoms with van der Waals surface area (Å²) in [5.74, 6) is -0.561. The summed E-state index contributed by atoms with van der Waals surface area (Å²) in [6, 6.07) is 10.5. The van der Waals surface area contributed by atoms with E-state index in [0.29, 0.717) is 30.3 Å². The molecule has 162 valence electrons. The minimum absolute atomic E-state index is 0.190. The zero-order chi connectivity index (χ0) is 22.4. The maximum atomic E-state index is 13.3. The molecule has 0 bridgehead atoms. The third-order valence-electron chi connectivity index (χ3n) is 4.15. The molecule has 3 rings (SSSR count). The van der Waals surface area contributed by atoms with Gasteiger partial charge in [-0.2, -0.15) is 0 Å². The number of halogens is 1. The van der Waals surface area contributed by atoms with Gasteiger partial charge in [0.2, 0.25) is 5.91 Å². The molecule has 0 spiro atoms. The second-order valence-electron chi connectivity index (χ2n) is 6.40. The first kappa shape index (κ1) is 22.4. The summed E-state index contributed by atoms with van der Waals surface area (Å²) in [5.41, 5.74) is 0.895. The Morgan fingerprint density at radius 2 is 1.84 bits per heavy atom. The first-order valence-corrected chi connectivity index (χ1v) is 10.4. The highest BCUT2D eigenvalue weighted by molar-refractivity contribution is 8.18. The van der Waals surface area contributed by atoms with Crippen molar-refractivity contribution in [2.24, 2.45) is 0 Å². The second kappa shape index (κ2) is 10.1. The number of nitrogens with one attached hydrogen (secondary N) is 1. The molecule has 0 atom stereocenters. The third-order valence-corrected chi connectivity index (χ3v) is 5.06. The average molecular weight is 444 g/mol. The Labute approximate surface area is 183 Å². The fourth-order valence-corrected chi connectivity index (χ4v) is 3.69. The summed E-state index contributed by atoms with van der Waals surface area (Å²) >= 11 is 0.748. The lowest BCUT2D eigenvalue weighted by atomic mass is 10.2. The molecule has 1 saturated heterocycles. The summed E-state index contributed by atoms with van der Waals surface area (Å²) in [6.45, 7) is 4.18. The smallest absolute Gasteiger partial charge is 0.294 e. The standard InChI is InChI=1S/C22H21FN2O5S/c1-3-29-17-9-8-14(10-18(17)30-4-2)11-19-21(27)25(22(28)31-19)13-20(26)24-16-7-5-6-15(23)12-16/h5-12H,3-4,13H2,1-2H3,(H,24,26)/b19-11+. The van der Waals surface area contributed by atoms with Crippen LogP contribution < -0.4 is 14.8 Å². The molecule has 2 aromatic carbocycles. The second-order valence-corrected chi connectivity index (χ2v) is 7.39. The lowest BCUT2D eigenvalue weighted by molar-refractivity contribution is -0.127.